The first-order valence-electron chi connectivity index (χ1n) is 9.53. The molecular formula is C20H27FN2O2. The summed E-state index contributed by atoms with van der Waals surface area (Å²) in [7, 11) is 0. The van der Waals surface area contributed by atoms with Gasteiger partial charge in [-0.2, -0.15) is 0 Å². The van der Waals surface area contributed by atoms with E-state index in [9.17, 15) is 9.18 Å². The number of fused-ring (bicyclic) bond motifs is 2. The Labute approximate surface area is 148 Å². The number of nitrogens with two attached hydrogens (primary N) is 1. The van der Waals surface area contributed by atoms with Gasteiger partial charge in [0.1, 0.15) is 11.9 Å². The Hall–Kier alpha value is -1.46. The van der Waals surface area contributed by atoms with E-state index in [0.29, 0.717) is 31.5 Å². The summed E-state index contributed by atoms with van der Waals surface area (Å²) in [4.78, 5) is 15.0. The number of carbonyl (C=O) groups excluding carboxylic acids is 1. The molecule has 1 aromatic carbocycles. The SMILES string of the molecule is NC1C2CCCC1CC(C(=O)N1CCOC(c3cccc(F)c3)C1)C2. The van der Waals surface area contributed by atoms with Crippen molar-refractivity contribution in [2.45, 2.75) is 44.2 Å². The topological polar surface area (TPSA) is 55.6 Å². The molecular weight excluding hydrogens is 319 g/mol. The molecule has 0 aromatic heterocycles. The van der Waals surface area contributed by atoms with E-state index < -0.39 is 0 Å². The van der Waals surface area contributed by atoms with E-state index in [0.717, 1.165) is 31.2 Å². The van der Waals surface area contributed by atoms with Crippen molar-refractivity contribution in [1.82, 2.24) is 4.90 Å². The van der Waals surface area contributed by atoms with Gasteiger partial charge in [0.25, 0.3) is 0 Å². The number of ether oxygens (including phenoxy) is 1. The van der Waals surface area contributed by atoms with Crippen LogP contribution in [-0.2, 0) is 9.53 Å². The summed E-state index contributed by atoms with van der Waals surface area (Å²) in [5, 5.41) is 0. The van der Waals surface area contributed by atoms with Gasteiger partial charge < -0.3 is 15.4 Å². The molecule has 1 amide bonds. The number of nitrogens with zero attached hydrogens (tertiary/aromatic N) is 1. The fourth-order valence-corrected chi connectivity index (χ4v) is 5.01. The highest BCUT2D eigenvalue weighted by molar-refractivity contribution is 5.79. The number of benzene rings is 1. The van der Waals surface area contributed by atoms with Crippen LogP contribution >= 0.6 is 0 Å². The molecule has 136 valence electrons. The molecule has 0 spiro atoms. The van der Waals surface area contributed by atoms with Gasteiger partial charge in [-0.15, -0.1) is 0 Å². The number of amides is 1. The number of halogens is 1. The van der Waals surface area contributed by atoms with Crippen LogP contribution in [0, 0.1) is 23.6 Å². The third kappa shape index (κ3) is 3.44. The second-order valence-corrected chi connectivity index (χ2v) is 7.90. The van der Waals surface area contributed by atoms with E-state index in [-0.39, 0.29) is 29.8 Å². The van der Waals surface area contributed by atoms with Crippen molar-refractivity contribution in [1.29, 1.82) is 0 Å². The van der Waals surface area contributed by atoms with E-state index >= 15 is 0 Å². The molecule has 1 saturated heterocycles. The maximum absolute atomic E-state index is 13.5. The molecule has 0 radical (unpaired) electrons. The Balaban J connectivity index is 1.43. The molecule has 2 saturated carbocycles. The lowest BCUT2D eigenvalue weighted by atomic mass is 9.65. The molecule has 2 bridgehead atoms. The van der Waals surface area contributed by atoms with Gasteiger partial charge in [-0.05, 0) is 55.2 Å². The van der Waals surface area contributed by atoms with Gasteiger partial charge in [-0.3, -0.25) is 4.79 Å². The standard InChI is InChI=1S/C20H27FN2O2/c21-17-6-2-3-13(11-17)18-12-23(7-8-25-18)20(24)16-9-14-4-1-5-15(10-16)19(14)22/h2-3,6,11,14-16,18-19H,1,4-5,7-10,12,22H2. The highest BCUT2D eigenvalue weighted by Crippen LogP contribution is 2.42. The summed E-state index contributed by atoms with van der Waals surface area (Å²) in [6.07, 6.45) is 5.20. The molecule has 4 nitrogen and oxygen atoms in total. The lowest BCUT2D eigenvalue weighted by Gasteiger charge is -2.45. The summed E-state index contributed by atoms with van der Waals surface area (Å²) in [5.41, 5.74) is 7.16. The first-order chi connectivity index (χ1) is 12.1. The third-order valence-electron chi connectivity index (χ3n) is 6.36. The van der Waals surface area contributed by atoms with Gasteiger partial charge >= 0.3 is 0 Å². The zero-order valence-corrected chi connectivity index (χ0v) is 14.6. The Bertz CT molecular complexity index is 624. The molecule has 3 unspecified atom stereocenters. The van der Waals surface area contributed by atoms with Gasteiger partial charge in [0, 0.05) is 18.5 Å². The smallest absolute Gasteiger partial charge is 0.225 e. The fourth-order valence-electron chi connectivity index (χ4n) is 5.01. The van der Waals surface area contributed by atoms with Crippen molar-refractivity contribution in [3.63, 3.8) is 0 Å². The normalized spacial score (nSPS) is 35.4. The van der Waals surface area contributed by atoms with Crippen LogP contribution in [0.25, 0.3) is 0 Å². The minimum absolute atomic E-state index is 0.0985. The molecule has 2 N–H and O–H groups in total. The van der Waals surface area contributed by atoms with Crippen molar-refractivity contribution in [3.8, 4) is 0 Å². The van der Waals surface area contributed by atoms with Crippen LogP contribution in [0.4, 0.5) is 4.39 Å². The molecule has 3 aliphatic rings. The number of hydrogen-bond donors (Lipinski definition) is 1. The lowest BCUT2D eigenvalue weighted by molar-refractivity contribution is -0.146. The molecule has 1 aromatic rings. The maximum atomic E-state index is 13.5. The van der Waals surface area contributed by atoms with Crippen LogP contribution in [0.2, 0.25) is 0 Å². The van der Waals surface area contributed by atoms with E-state index in [4.69, 9.17) is 10.5 Å². The van der Waals surface area contributed by atoms with E-state index in [1.165, 1.54) is 18.6 Å². The van der Waals surface area contributed by atoms with Crippen LogP contribution in [-0.4, -0.2) is 36.5 Å². The monoisotopic (exact) mass is 346 g/mol. The van der Waals surface area contributed by atoms with Gasteiger partial charge in [0.05, 0.1) is 13.2 Å². The van der Waals surface area contributed by atoms with Gasteiger partial charge in [-0.25, -0.2) is 4.39 Å². The van der Waals surface area contributed by atoms with Gasteiger partial charge in [0.2, 0.25) is 5.91 Å². The minimum atomic E-state index is -0.265. The first kappa shape index (κ1) is 17.0. The van der Waals surface area contributed by atoms with Crippen molar-refractivity contribution in [2.75, 3.05) is 19.7 Å². The molecule has 5 heteroatoms. The molecule has 25 heavy (non-hydrogen) atoms. The minimum Gasteiger partial charge on any atom is -0.370 e. The zero-order chi connectivity index (χ0) is 17.4. The second-order valence-electron chi connectivity index (χ2n) is 7.90. The molecule has 1 heterocycles. The summed E-state index contributed by atoms with van der Waals surface area (Å²) >= 11 is 0. The van der Waals surface area contributed by atoms with E-state index in [1.54, 1.807) is 6.07 Å². The molecule has 2 aliphatic carbocycles. The molecule has 1 aliphatic heterocycles. The predicted molar refractivity (Wildman–Crippen MR) is 93.2 cm³/mol. The largest absolute Gasteiger partial charge is 0.370 e. The zero-order valence-electron chi connectivity index (χ0n) is 14.6. The van der Waals surface area contributed by atoms with Crippen LogP contribution in [0.5, 0.6) is 0 Å². The third-order valence-corrected chi connectivity index (χ3v) is 6.36. The number of hydrogen-bond acceptors (Lipinski definition) is 3. The van der Waals surface area contributed by atoms with Crippen molar-refractivity contribution >= 4 is 5.91 Å². The summed E-state index contributed by atoms with van der Waals surface area (Å²) in [5.74, 6) is 1.08. The Morgan fingerprint density at radius 1 is 1.24 bits per heavy atom. The Kier molecular flexibility index (Phi) is 4.78. The number of carbonyl (C=O) groups is 1. The summed E-state index contributed by atoms with van der Waals surface area (Å²) < 4.78 is 19.3. The highest BCUT2D eigenvalue weighted by atomic mass is 19.1. The van der Waals surface area contributed by atoms with Crippen molar-refractivity contribution < 1.29 is 13.9 Å². The van der Waals surface area contributed by atoms with Crippen LogP contribution in [0.1, 0.15) is 43.8 Å². The fraction of sp³-hybridized carbons (Fsp3) is 0.650. The average Bonchev–Trinajstić information content (AvgIpc) is 2.61. The first-order valence-corrected chi connectivity index (χ1v) is 9.53. The second kappa shape index (κ2) is 7.04. The number of rotatable bonds is 2. The van der Waals surface area contributed by atoms with E-state index in [1.807, 2.05) is 11.0 Å². The quantitative estimate of drug-likeness (QED) is 0.896. The maximum Gasteiger partial charge on any atom is 0.225 e. The summed E-state index contributed by atoms with van der Waals surface area (Å²) in [6.45, 7) is 1.65. The van der Waals surface area contributed by atoms with Gasteiger partial charge in [-0.1, -0.05) is 18.6 Å². The molecule has 4 rings (SSSR count). The van der Waals surface area contributed by atoms with Crippen LogP contribution in [0.3, 0.4) is 0 Å². The average molecular weight is 346 g/mol. The molecule has 3 atom stereocenters. The van der Waals surface area contributed by atoms with Gasteiger partial charge in [0.15, 0.2) is 0 Å². The summed E-state index contributed by atoms with van der Waals surface area (Å²) in [6, 6.07) is 6.77. The van der Waals surface area contributed by atoms with Crippen molar-refractivity contribution in [3.05, 3.63) is 35.6 Å². The Morgan fingerprint density at radius 2 is 2.00 bits per heavy atom. The van der Waals surface area contributed by atoms with E-state index in [2.05, 4.69) is 0 Å². The number of morpholine rings is 1. The predicted octanol–water partition coefficient (Wildman–Crippen LogP) is 2.88. The van der Waals surface area contributed by atoms with Crippen molar-refractivity contribution in [2.24, 2.45) is 23.5 Å². The highest BCUT2D eigenvalue weighted by Gasteiger charge is 2.42. The Morgan fingerprint density at radius 3 is 2.72 bits per heavy atom. The van der Waals surface area contributed by atoms with Crippen LogP contribution < -0.4 is 5.73 Å². The van der Waals surface area contributed by atoms with Crippen LogP contribution in [0.15, 0.2) is 24.3 Å². The molecule has 3 fully saturated rings. The lowest BCUT2D eigenvalue weighted by Crippen LogP contribution is -2.51.